The summed E-state index contributed by atoms with van der Waals surface area (Å²) in [5.41, 5.74) is 9.57. The molecule has 1 amide bonds. The van der Waals surface area contributed by atoms with Gasteiger partial charge in [0.2, 0.25) is 0 Å². The Morgan fingerprint density at radius 2 is 1.89 bits per heavy atom. The SMILES string of the molecule is Cc1cc(N)cc2c1C(=O)NC21CCCCC1.Cl. The maximum Gasteiger partial charge on any atom is 0.252 e. The summed E-state index contributed by atoms with van der Waals surface area (Å²) in [4.78, 5) is 12.1. The molecule has 18 heavy (non-hydrogen) atoms. The maximum absolute atomic E-state index is 12.1. The highest BCUT2D eigenvalue weighted by atomic mass is 35.5. The van der Waals surface area contributed by atoms with Crippen molar-refractivity contribution in [1.82, 2.24) is 5.32 Å². The summed E-state index contributed by atoms with van der Waals surface area (Å²) < 4.78 is 0. The molecule has 4 heteroatoms. The second-order valence-corrected chi connectivity index (χ2v) is 5.36. The van der Waals surface area contributed by atoms with E-state index in [-0.39, 0.29) is 23.9 Å². The highest BCUT2D eigenvalue weighted by Gasteiger charge is 2.44. The Morgan fingerprint density at radius 1 is 1.22 bits per heavy atom. The van der Waals surface area contributed by atoms with Crippen LogP contribution in [0.5, 0.6) is 0 Å². The van der Waals surface area contributed by atoms with Gasteiger partial charge in [-0.25, -0.2) is 0 Å². The predicted molar refractivity (Wildman–Crippen MR) is 75.1 cm³/mol. The van der Waals surface area contributed by atoms with Gasteiger partial charge in [-0.3, -0.25) is 4.79 Å². The number of aryl methyl sites for hydroxylation is 1. The zero-order valence-electron chi connectivity index (χ0n) is 10.6. The molecule has 0 atom stereocenters. The summed E-state index contributed by atoms with van der Waals surface area (Å²) in [7, 11) is 0. The number of halogens is 1. The topological polar surface area (TPSA) is 55.1 Å². The standard InChI is InChI=1S/C14H18N2O.ClH/c1-9-7-10(15)8-11-12(9)13(17)16-14(11)5-3-2-4-6-14;/h7-8H,2-6,15H2,1H3,(H,16,17);1H. The van der Waals surface area contributed by atoms with E-state index in [1.54, 1.807) is 0 Å². The molecule has 1 fully saturated rings. The molecule has 0 unspecified atom stereocenters. The minimum absolute atomic E-state index is 0. The predicted octanol–water partition coefficient (Wildman–Crippen LogP) is 2.90. The van der Waals surface area contributed by atoms with E-state index in [9.17, 15) is 4.79 Å². The Labute approximate surface area is 114 Å². The number of nitrogens with one attached hydrogen (secondary N) is 1. The lowest BCUT2D eigenvalue weighted by Crippen LogP contribution is -2.40. The molecule has 1 heterocycles. The number of hydrogen-bond acceptors (Lipinski definition) is 2. The van der Waals surface area contributed by atoms with Crippen molar-refractivity contribution in [2.45, 2.75) is 44.6 Å². The van der Waals surface area contributed by atoms with Gasteiger partial charge in [-0.2, -0.15) is 0 Å². The first-order chi connectivity index (χ1) is 8.12. The fourth-order valence-corrected chi connectivity index (χ4v) is 3.39. The summed E-state index contributed by atoms with van der Waals surface area (Å²) in [6, 6.07) is 3.88. The Morgan fingerprint density at radius 3 is 2.56 bits per heavy atom. The number of amides is 1. The zero-order valence-corrected chi connectivity index (χ0v) is 11.4. The first kappa shape index (κ1) is 13.2. The first-order valence-corrected chi connectivity index (χ1v) is 6.35. The molecule has 98 valence electrons. The normalized spacial score (nSPS) is 20.2. The second kappa shape index (κ2) is 4.47. The molecule has 1 saturated carbocycles. The Balaban J connectivity index is 0.00000120. The van der Waals surface area contributed by atoms with E-state index in [1.807, 2.05) is 19.1 Å². The van der Waals surface area contributed by atoms with E-state index < -0.39 is 0 Å². The molecule has 3 nitrogen and oxygen atoms in total. The van der Waals surface area contributed by atoms with Crippen LogP contribution in [0.2, 0.25) is 0 Å². The molecule has 3 N–H and O–H groups in total. The highest BCUT2D eigenvalue weighted by molar-refractivity contribution is 6.01. The molecule has 0 bridgehead atoms. The molecule has 0 radical (unpaired) electrons. The molecule has 3 rings (SSSR count). The number of nitrogens with two attached hydrogens (primary N) is 1. The molecule has 1 aliphatic heterocycles. The van der Waals surface area contributed by atoms with Crippen molar-refractivity contribution in [3.8, 4) is 0 Å². The number of nitrogen functional groups attached to an aromatic ring is 1. The van der Waals surface area contributed by atoms with Crippen molar-refractivity contribution in [2.75, 3.05) is 5.73 Å². The fourth-order valence-electron chi connectivity index (χ4n) is 3.39. The van der Waals surface area contributed by atoms with Gasteiger partial charge in [0, 0.05) is 11.3 Å². The van der Waals surface area contributed by atoms with Gasteiger partial charge < -0.3 is 11.1 Å². The minimum atomic E-state index is -0.120. The average molecular weight is 267 g/mol. The van der Waals surface area contributed by atoms with Gasteiger partial charge in [0.05, 0.1) is 5.54 Å². The third kappa shape index (κ3) is 1.77. The second-order valence-electron chi connectivity index (χ2n) is 5.36. The summed E-state index contributed by atoms with van der Waals surface area (Å²) in [5.74, 6) is 0.0828. The van der Waals surface area contributed by atoms with Crippen LogP contribution in [0.1, 0.15) is 53.6 Å². The van der Waals surface area contributed by atoms with Crippen LogP contribution in [0.25, 0.3) is 0 Å². The van der Waals surface area contributed by atoms with Gasteiger partial charge in [0.25, 0.3) is 5.91 Å². The van der Waals surface area contributed by atoms with Gasteiger partial charge in [-0.15, -0.1) is 12.4 Å². The molecule has 1 aromatic carbocycles. The van der Waals surface area contributed by atoms with Gasteiger partial charge >= 0.3 is 0 Å². The summed E-state index contributed by atoms with van der Waals surface area (Å²) in [6.07, 6.45) is 5.75. The molecular weight excluding hydrogens is 248 g/mol. The molecule has 1 aliphatic carbocycles. The van der Waals surface area contributed by atoms with Crippen LogP contribution >= 0.6 is 12.4 Å². The van der Waals surface area contributed by atoms with Gasteiger partial charge in [0.1, 0.15) is 0 Å². The van der Waals surface area contributed by atoms with E-state index in [0.717, 1.165) is 35.2 Å². The van der Waals surface area contributed by atoms with Crippen molar-refractivity contribution in [1.29, 1.82) is 0 Å². The average Bonchev–Trinajstić information content (AvgIpc) is 2.53. The Kier molecular flexibility index (Phi) is 3.28. The number of carbonyl (C=O) groups excluding carboxylic acids is 1. The summed E-state index contributed by atoms with van der Waals surface area (Å²) in [5, 5.41) is 3.21. The third-order valence-electron chi connectivity index (χ3n) is 4.16. The van der Waals surface area contributed by atoms with Crippen LogP contribution < -0.4 is 11.1 Å². The van der Waals surface area contributed by atoms with Gasteiger partial charge in [-0.05, 0) is 43.0 Å². The first-order valence-electron chi connectivity index (χ1n) is 6.35. The Hall–Kier alpha value is -1.22. The van der Waals surface area contributed by atoms with Crippen LogP contribution in [0.3, 0.4) is 0 Å². The lowest BCUT2D eigenvalue weighted by molar-refractivity contribution is 0.0909. The van der Waals surface area contributed by atoms with Crippen LogP contribution in [0.4, 0.5) is 5.69 Å². The van der Waals surface area contributed by atoms with E-state index in [2.05, 4.69) is 5.32 Å². The largest absolute Gasteiger partial charge is 0.399 e. The summed E-state index contributed by atoms with van der Waals surface area (Å²) in [6.45, 7) is 1.97. The molecule has 0 saturated heterocycles. The number of fused-ring (bicyclic) bond motifs is 2. The van der Waals surface area contributed by atoms with E-state index in [0.29, 0.717) is 0 Å². The number of anilines is 1. The van der Waals surface area contributed by atoms with E-state index in [1.165, 1.54) is 19.3 Å². The van der Waals surface area contributed by atoms with Crippen molar-refractivity contribution in [3.63, 3.8) is 0 Å². The highest BCUT2D eigenvalue weighted by Crippen LogP contribution is 2.44. The zero-order chi connectivity index (χ0) is 12.0. The number of benzene rings is 1. The van der Waals surface area contributed by atoms with Crippen LogP contribution in [-0.4, -0.2) is 5.91 Å². The van der Waals surface area contributed by atoms with Crippen molar-refractivity contribution in [2.24, 2.45) is 0 Å². The quantitative estimate of drug-likeness (QED) is 0.710. The molecular formula is C14H19ClN2O. The van der Waals surface area contributed by atoms with E-state index >= 15 is 0 Å². The lowest BCUT2D eigenvalue weighted by Gasteiger charge is -2.34. The maximum atomic E-state index is 12.1. The van der Waals surface area contributed by atoms with Crippen LogP contribution in [0.15, 0.2) is 12.1 Å². The number of hydrogen-bond donors (Lipinski definition) is 2. The van der Waals surface area contributed by atoms with Crippen molar-refractivity contribution in [3.05, 3.63) is 28.8 Å². The van der Waals surface area contributed by atoms with Crippen LogP contribution in [0, 0.1) is 6.92 Å². The lowest BCUT2D eigenvalue weighted by atomic mass is 9.77. The molecule has 0 aromatic heterocycles. The molecule has 1 aromatic rings. The summed E-state index contributed by atoms with van der Waals surface area (Å²) >= 11 is 0. The van der Waals surface area contributed by atoms with Gasteiger partial charge in [-0.1, -0.05) is 19.3 Å². The number of rotatable bonds is 0. The van der Waals surface area contributed by atoms with Gasteiger partial charge in [0.15, 0.2) is 0 Å². The van der Waals surface area contributed by atoms with E-state index in [4.69, 9.17) is 5.73 Å². The smallest absolute Gasteiger partial charge is 0.252 e. The number of carbonyl (C=O) groups is 1. The third-order valence-corrected chi connectivity index (χ3v) is 4.16. The van der Waals surface area contributed by atoms with Crippen molar-refractivity contribution < 1.29 is 4.79 Å². The molecule has 2 aliphatic rings. The Bertz CT molecular complexity index is 493. The minimum Gasteiger partial charge on any atom is -0.399 e. The van der Waals surface area contributed by atoms with Crippen molar-refractivity contribution >= 4 is 24.0 Å². The monoisotopic (exact) mass is 266 g/mol. The fraction of sp³-hybridized carbons (Fsp3) is 0.500. The molecule has 1 spiro atoms. The van der Waals surface area contributed by atoms with Crippen LogP contribution in [-0.2, 0) is 5.54 Å².